The van der Waals surface area contributed by atoms with Crippen molar-refractivity contribution < 1.29 is 19.8 Å². The van der Waals surface area contributed by atoms with Crippen molar-refractivity contribution in [1.29, 1.82) is 0 Å². The Morgan fingerprint density at radius 1 is 1.12 bits per heavy atom. The summed E-state index contributed by atoms with van der Waals surface area (Å²) in [6, 6.07) is 0. The summed E-state index contributed by atoms with van der Waals surface area (Å²) in [6.45, 7) is 7.64. The van der Waals surface area contributed by atoms with Crippen molar-refractivity contribution in [2.45, 2.75) is 53.4 Å². The fourth-order valence-electron chi connectivity index (χ4n) is 2.59. The molecule has 100 valence electrons. The van der Waals surface area contributed by atoms with Crippen LogP contribution in [0.15, 0.2) is 0 Å². The fraction of sp³-hybridized carbons (Fsp3) is 0.846. The van der Waals surface area contributed by atoms with E-state index in [0.29, 0.717) is 25.2 Å². The van der Waals surface area contributed by atoms with E-state index in [0.717, 1.165) is 0 Å². The molecule has 4 heteroatoms. The molecule has 0 bridgehead atoms. The van der Waals surface area contributed by atoms with Crippen LogP contribution in [0.1, 0.15) is 53.4 Å². The van der Waals surface area contributed by atoms with E-state index >= 15 is 0 Å². The van der Waals surface area contributed by atoms with Crippen molar-refractivity contribution in [2.24, 2.45) is 17.3 Å². The lowest BCUT2D eigenvalue weighted by molar-refractivity contribution is -0.156. The van der Waals surface area contributed by atoms with Crippen molar-refractivity contribution in [2.75, 3.05) is 0 Å². The zero-order chi connectivity index (χ0) is 13.6. The van der Waals surface area contributed by atoms with Gasteiger partial charge in [0.05, 0.1) is 5.41 Å². The lowest BCUT2D eigenvalue weighted by Gasteiger charge is -2.36. The standard InChI is InChI=1S/C13H24O4/c1-5-13(6-2,12(16)17)10(7-9(3)4)8-11(14)15/h9-10H,5-8H2,1-4H3,(H,14,15)(H,16,17). The Bertz CT molecular complexity index is 267. The highest BCUT2D eigenvalue weighted by atomic mass is 16.4. The van der Waals surface area contributed by atoms with Gasteiger partial charge in [-0.2, -0.15) is 0 Å². The summed E-state index contributed by atoms with van der Waals surface area (Å²) >= 11 is 0. The molecule has 0 heterocycles. The molecule has 0 saturated carbocycles. The van der Waals surface area contributed by atoms with E-state index in [1.807, 2.05) is 27.7 Å². The Morgan fingerprint density at radius 2 is 1.59 bits per heavy atom. The molecule has 4 nitrogen and oxygen atoms in total. The van der Waals surface area contributed by atoms with Crippen LogP contribution in [0.25, 0.3) is 0 Å². The highest BCUT2D eigenvalue weighted by molar-refractivity contribution is 5.76. The number of hydrogen-bond donors (Lipinski definition) is 2. The minimum Gasteiger partial charge on any atom is -0.481 e. The monoisotopic (exact) mass is 244 g/mol. The second-order valence-corrected chi connectivity index (χ2v) is 5.09. The Balaban J connectivity index is 5.19. The van der Waals surface area contributed by atoms with Crippen molar-refractivity contribution in [3.05, 3.63) is 0 Å². The number of rotatable bonds is 8. The van der Waals surface area contributed by atoms with E-state index in [9.17, 15) is 14.7 Å². The molecule has 0 fully saturated rings. The maximum Gasteiger partial charge on any atom is 0.309 e. The van der Waals surface area contributed by atoms with Crippen molar-refractivity contribution in [3.63, 3.8) is 0 Å². The predicted molar refractivity (Wildman–Crippen MR) is 65.8 cm³/mol. The highest BCUT2D eigenvalue weighted by Crippen LogP contribution is 2.41. The molecule has 0 aromatic rings. The van der Waals surface area contributed by atoms with Crippen LogP contribution in [0.2, 0.25) is 0 Å². The van der Waals surface area contributed by atoms with Gasteiger partial charge in [0.1, 0.15) is 0 Å². The first-order valence-electron chi connectivity index (χ1n) is 6.25. The normalized spacial score (nSPS) is 13.7. The van der Waals surface area contributed by atoms with Gasteiger partial charge < -0.3 is 10.2 Å². The van der Waals surface area contributed by atoms with Gasteiger partial charge in [-0.1, -0.05) is 27.7 Å². The van der Waals surface area contributed by atoms with Gasteiger partial charge in [-0.15, -0.1) is 0 Å². The maximum atomic E-state index is 11.5. The Morgan fingerprint density at radius 3 is 1.82 bits per heavy atom. The molecule has 17 heavy (non-hydrogen) atoms. The van der Waals surface area contributed by atoms with Gasteiger partial charge in [0.15, 0.2) is 0 Å². The number of carbonyl (C=O) groups is 2. The Kier molecular flexibility index (Phi) is 6.21. The van der Waals surface area contributed by atoms with Crippen LogP contribution in [0.5, 0.6) is 0 Å². The average molecular weight is 244 g/mol. The first-order valence-corrected chi connectivity index (χ1v) is 6.25. The minimum atomic E-state index is -0.914. The van der Waals surface area contributed by atoms with Gasteiger partial charge in [-0.05, 0) is 31.1 Å². The lowest BCUT2D eigenvalue weighted by atomic mass is 9.67. The van der Waals surface area contributed by atoms with E-state index in [1.54, 1.807) is 0 Å². The van der Waals surface area contributed by atoms with E-state index in [2.05, 4.69) is 0 Å². The highest BCUT2D eigenvalue weighted by Gasteiger charge is 2.43. The van der Waals surface area contributed by atoms with Crippen LogP contribution in [0.3, 0.4) is 0 Å². The van der Waals surface area contributed by atoms with E-state index in [4.69, 9.17) is 5.11 Å². The van der Waals surface area contributed by atoms with Gasteiger partial charge in [0.2, 0.25) is 0 Å². The quantitative estimate of drug-likeness (QED) is 0.688. The van der Waals surface area contributed by atoms with Crippen LogP contribution in [-0.2, 0) is 9.59 Å². The fourth-order valence-corrected chi connectivity index (χ4v) is 2.59. The predicted octanol–water partition coefficient (Wildman–Crippen LogP) is 3.01. The zero-order valence-electron chi connectivity index (χ0n) is 11.2. The molecule has 0 saturated heterocycles. The molecule has 1 unspecified atom stereocenters. The third-order valence-corrected chi connectivity index (χ3v) is 3.65. The van der Waals surface area contributed by atoms with Crippen LogP contribution < -0.4 is 0 Å². The van der Waals surface area contributed by atoms with Gasteiger partial charge in [-0.3, -0.25) is 9.59 Å². The second kappa shape index (κ2) is 6.62. The molecule has 0 aromatic heterocycles. The molecule has 0 spiro atoms. The molecular weight excluding hydrogens is 220 g/mol. The number of carboxylic acid groups (broad SMARTS) is 2. The SMILES string of the molecule is CCC(CC)(C(=O)O)C(CC(=O)O)CC(C)C. The van der Waals surface area contributed by atoms with Gasteiger partial charge >= 0.3 is 11.9 Å². The lowest BCUT2D eigenvalue weighted by Crippen LogP contribution is -2.39. The number of hydrogen-bond acceptors (Lipinski definition) is 2. The summed E-state index contributed by atoms with van der Waals surface area (Å²) in [7, 11) is 0. The van der Waals surface area contributed by atoms with Crippen LogP contribution in [0.4, 0.5) is 0 Å². The van der Waals surface area contributed by atoms with E-state index in [1.165, 1.54) is 0 Å². The third kappa shape index (κ3) is 4.02. The topological polar surface area (TPSA) is 74.6 Å². The van der Waals surface area contributed by atoms with Crippen molar-refractivity contribution in [3.8, 4) is 0 Å². The molecule has 0 rings (SSSR count). The largest absolute Gasteiger partial charge is 0.481 e. The Hall–Kier alpha value is -1.06. The van der Waals surface area contributed by atoms with Gasteiger partial charge in [0, 0.05) is 6.42 Å². The minimum absolute atomic E-state index is 0.0633. The molecular formula is C13H24O4. The molecule has 0 aliphatic heterocycles. The van der Waals surface area contributed by atoms with E-state index in [-0.39, 0.29) is 12.3 Å². The number of aliphatic carboxylic acids is 2. The molecule has 0 amide bonds. The van der Waals surface area contributed by atoms with Crippen molar-refractivity contribution >= 4 is 11.9 Å². The van der Waals surface area contributed by atoms with Crippen LogP contribution >= 0.6 is 0 Å². The first-order chi connectivity index (χ1) is 7.80. The summed E-state index contributed by atoms with van der Waals surface area (Å²) in [4.78, 5) is 22.4. The molecule has 2 N–H and O–H groups in total. The molecule has 0 aromatic carbocycles. The maximum absolute atomic E-state index is 11.5. The van der Waals surface area contributed by atoms with Gasteiger partial charge in [-0.25, -0.2) is 0 Å². The molecule has 0 aliphatic carbocycles. The second-order valence-electron chi connectivity index (χ2n) is 5.09. The number of carboxylic acids is 2. The first kappa shape index (κ1) is 15.9. The summed E-state index contributed by atoms with van der Waals surface area (Å²) in [6.07, 6.45) is 1.53. The van der Waals surface area contributed by atoms with E-state index < -0.39 is 17.4 Å². The molecule has 0 aliphatic rings. The summed E-state index contributed by atoms with van der Waals surface area (Å²) in [5.41, 5.74) is -0.900. The average Bonchev–Trinajstić information content (AvgIpc) is 2.17. The Labute approximate surface area is 103 Å². The van der Waals surface area contributed by atoms with Crippen LogP contribution in [-0.4, -0.2) is 22.2 Å². The van der Waals surface area contributed by atoms with Crippen molar-refractivity contribution in [1.82, 2.24) is 0 Å². The molecule has 1 atom stereocenters. The van der Waals surface area contributed by atoms with Crippen LogP contribution in [0, 0.1) is 17.3 Å². The molecule has 0 radical (unpaired) electrons. The summed E-state index contributed by atoms with van der Waals surface area (Å²) in [5, 5.41) is 18.4. The summed E-state index contributed by atoms with van der Waals surface area (Å²) in [5.74, 6) is -1.78. The smallest absolute Gasteiger partial charge is 0.309 e. The summed E-state index contributed by atoms with van der Waals surface area (Å²) < 4.78 is 0. The third-order valence-electron chi connectivity index (χ3n) is 3.65. The van der Waals surface area contributed by atoms with Gasteiger partial charge in [0.25, 0.3) is 0 Å². The zero-order valence-corrected chi connectivity index (χ0v) is 11.2.